The van der Waals surface area contributed by atoms with Gasteiger partial charge in [0, 0.05) is 12.8 Å². The molecular formula is C18H27NO3. The fourth-order valence-electron chi connectivity index (χ4n) is 2.89. The summed E-state index contributed by atoms with van der Waals surface area (Å²) >= 11 is 0. The molecule has 1 fully saturated rings. The molecule has 4 heteroatoms. The summed E-state index contributed by atoms with van der Waals surface area (Å²) in [6.45, 7) is 6.20. The Morgan fingerprint density at radius 1 is 1.23 bits per heavy atom. The van der Waals surface area contributed by atoms with Crippen molar-refractivity contribution in [2.45, 2.75) is 58.2 Å². The molecule has 1 aromatic carbocycles. The molecule has 0 atom stereocenters. The summed E-state index contributed by atoms with van der Waals surface area (Å²) in [4.78, 5) is 12.6. The number of hydrogen-bond acceptors (Lipinski definition) is 3. The van der Waals surface area contributed by atoms with Crippen molar-refractivity contribution in [1.82, 2.24) is 0 Å². The van der Waals surface area contributed by atoms with Crippen molar-refractivity contribution in [3.63, 3.8) is 0 Å². The van der Waals surface area contributed by atoms with Crippen LogP contribution in [0, 0.1) is 5.92 Å². The zero-order chi connectivity index (χ0) is 16.2. The van der Waals surface area contributed by atoms with Gasteiger partial charge in [-0.3, -0.25) is 4.79 Å². The maximum Gasteiger partial charge on any atom is 0.256 e. The summed E-state index contributed by atoms with van der Waals surface area (Å²) in [5.74, 6) is 1.43. The van der Waals surface area contributed by atoms with Crippen molar-refractivity contribution in [1.29, 1.82) is 0 Å². The number of nitrogens with one attached hydrogen (secondary N) is 1. The third kappa shape index (κ3) is 4.01. The van der Waals surface area contributed by atoms with Gasteiger partial charge < -0.3 is 14.8 Å². The molecule has 0 aliphatic heterocycles. The minimum atomic E-state index is -0.681. The van der Waals surface area contributed by atoms with Crippen LogP contribution < -0.4 is 10.1 Å². The van der Waals surface area contributed by atoms with Gasteiger partial charge in [0.2, 0.25) is 0 Å². The van der Waals surface area contributed by atoms with Gasteiger partial charge in [-0.15, -0.1) is 0 Å². The predicted molar refractivity (Wildman–Crippen MR) is 88.2 cm³/mol. The molecule has 0 heterocycles. The van der Waals surface area contributed by atoms with Crippen LogP contribution in [-0.4, -0.2) is 24.7 Å². The normalized spacial score (nSPS) is 25.0. The molecule has 0 unspecified atom stereocenters. The molecule has 1 amide bonds. The van der Waals surface area contributed by atoms with Crippen LogP contribution in [0.25, 0.3) is 0 Å². The molecule has 0 radical (unpaired) electrons. The van der Waals surface area contributed by atoms with Crippen molar-refractivity contribution in [2.24, 2.45) is 5.92 Å². The van der Waals surface area contributed by atoms with E-state index in [1.165, 1.54) is 0 Å². The zero-order valence-electron chi connectivity index (χ0n) is 14.0. The molecule has 22 heavy (non-hydrogen) atoms. The second-order valence-corrected chi connectivity index (χ2v) is 6.53. The Hall–Kier alpha value is -1.55. The molecule has 4 nitrogen and oxygen atoms in total. The van der Waals surface area contributed by atoms with Gasteiger partial charge in [-0.2, -0.15) is 0 Å². The first-order valence-corrected chi connectivity index (χ1v) is 8.08. The fourth-order valence-corrected chi connectivity index (χ4v) is 2.89. The molecular weight excluding hydrogens is 278 g/mol. The monoisotopic (exact) mass is 305 g/mol. The van der Waals surface area contributed by atoms with Crippen molar-refractivity contribution in [2.75, 3.05) is 12.4 Å². The van der Waals surface area contributed by atoms with E-state index in [1.807, 2.05) is 38.1 Å². The number of benzene rings is 1. The Morgan fingerprint density at radius 3 is 2.32 bits per heavy atom. The van der Waals surface area contributed by atoms with Crippen LogP contribution in [0.5, 0.6) is 5.75 Å². The van der Waals surface area contributed by atoms with Gasteiger partial charge in [-0.25, -0.2) is 0 Å². The smallest absolute Gasteiger partial charge is 0.256 e. The minimum Gasteiger partial charge on any atom is -0.491 e. The van der Waals surface area contributed by atoms with Crippen LogP contribution >= 0.6 is 0 Å². The average Bonchev–Trinajstić information content (AvgIpc) is 2.50. The summed E-state index contributed by atoms with van der Waals surface area (Å²) in [5.41, 5.74) is 0.0933. The molecule has 0 saturated heterocycles. The lowest BCUT2D eigenvalue weighted by molar-refractivity contribution is -0.142. The summed E-state index contributed by atoms with van der Waals surface area (Å²) in [6, 6.07) is 7.48. The molecule has 0 bridgehead atoms. The van der Waals surface area contributed by atoms with Gasteiger partial charge in [0.25, 0.3) is 5.91 Å². The molecule has 1 saturated carbocycles. The first-order valence-electron chi connectivity index (χ1n) is 8.08. The molecule has 122 valence electrons. The van der Waals surface area contributed by atoms with E-state index in [4.69, 9.17) is 9.47 Å². The Bertz CT molecular complexity index is 488. The van der Waals surface area contributed by atoms with Gasteiger partial charge in [0.15, 0.2) is 0 Å². The number of rotatable bonds is 5. The lowest BCUT2D eigenvalue weighted by atomic mass is 9.79. The molecule has 0 aromatic heterocycles. The number of methoxy groups -OCH3 is 1. The lowest BCUT2D eigenvalue weighted by Crippen LogP contribution is -2.47. The summed E-state index contributed by atoms with van der Waals surface area (Å²) in [7, 11) is 1.63. The number of hydrogen-bond donors (Lipinski definition) is 1. The van der Waals surface area contributed by atoms with Gasteiger partial charge in [0.05, 0.1) is 6.10 Å². The average molecular weight is 305 g/mol. The Morgan fingerprint density at radius 2 is 1.82 bits per heavy atom. The van der Waals surface area contributed by atoms with Crippen LogP contribution in [-0.2, 0) is 9.53 Å². The minimum absolute atomic E-state index is 0.0422. The number of carbonyl (C=O) groups is 1. The van der Waals surface area contributed by atoms with E-state index in [-0.39, 0.29) is 12.0 Å². The topological polar surface area (TPSA) is 47.6 Å². The summed E-state index contributed by atoms with van der Waals surface area (Å²) in [6.07, 6.45) is 3.77. The lowest BCUT2D eigenvalue weighted by Gasteiger charge is -2.36. The van der Waals surface area contributed by atoms with Crippen LogP contribution in [0.1, 0.15) is 46.5 Å². The fraction of sp³-hybridized carbons (Fsp3) is 0.611. The van der Waals surface area contributed by atoms with Crippen molar-refractivity contribution < 1.29 is 14.3 Å². The van der Waals surface area contributed by atoms with E-state index in [1.54, 1.807) is 7.11 Å². The third-order valence-electron chi connectivity index (χ3n) is 4.37. The molecule has 0 spiro atoms. The van der Waals surface area contributed by atoms with Gasteiger partial charge in [-0.05, 0) is 69.7 Å². The van der Waals surface area contributed by atoms with E-state index >= 15 is 0 Å². The Labute approximate surface area is 133 Å². The van der Waals surface area contributed by atoms with Crippen molar-refractivity contribution in [3.8, 4) is 5.75 Å². The van der Waals surface area contributed by atoms with Gasteiger partial charge in [-0.1, -0.05) is 6.92 Å². The maximum atomic E-state index is 12.6. The Balaban J connectivity index is 2.01. The standard InChI is InChI=1S/C18H27NO3/c1-13(2)22-16-7-5-15(6-8-16)19-17(20)18(21-4)11-9-14(3)10-12-18/h5-8,13-14H,9-12H2,1-4H3,(H,19,20). The number of ether oxygens (including phenoxy) is 2. The van der Waals surface area contributed by atoms with E-state index in [2.05, 4.69) is 12.2 Å². The van der Waals surface area contributed by atoms with Crippen molar-refractivity contribution in [3.05, 3.63) is 24.3 Å². The van der Waals surface area contributed by atoms with E-state index in [0.717, 1.165) is 37.1 Å². The predicted octanol–water partition coefficient (Wildman–Crippen LogP) is 4.01. The van der Waals surface area contributed by atoms with Crippen LogP contribution in [0.2, 0.25) is 0 Å². The van der Waals surface area contributed by atoms with Crippen LogP contribution in [0.3, 0.4) is 0 Å². The first kappa shape index (κ1) is 16.8. The highest BCUT2D eigenvalue weighted by molar-refractivity contribution is 5.97. The van der Waals surface area contributed by atoms with E-state index < -0.39 is 5.60 Å². The van der Waals surface area contributed by atoms with Crippen molar-refractivity contribution >= 4 is 11.6 Å². The molecule has 1 aromatic rings. The quantitative estimate of drug-likeness (QED) is 0.894. The van der Waals surface area contributed by atoms with E-state index in [0.29, 0.717) is 5.92 Å². The second kappa shape index (κ2) is 7.14. The molecule has 1 aliphatic carbocycles. The second-order valence-electron chi connectivity index (χ2n) is 6.53. The summed E-state index contributed by atoms with van der Waals surface area (Å²) < 4.78 is 11.2. The van der Waals surface area contributed by atoms with Gasteiger partial charge in [0.1, 0.15) is 11.4 Å². The third-order valence-corrected chi connectivity index (χ3v) is 4.37. The summed E-state index contributed by atoms with van der Waals surface area (Å²) in [5, 5.41) is 2.98. The maximum absolute atomic E-state index is 12.6. The zero-order valence-corrected chi connectivity index (χ0v) is 14.0. The highest BCUT2D eigenvalue weighted by Gasteiger charge is 2.41. The number of carbonyl (C=O) groups excluding carboxylic acids is 1. The largest absolute Gasteiger partial charge is 0.491 e. The number of amides is 1. The highest BCUT2D eigenvalue weighted by atomic mass is 16.5. The molecule has 2 rings (SSSR count). The first-order chi connectivity index (χ1) is 10.4. The Kier molecular flexibility index (Phi) is 5.46. The highest BCUT2D eigenvalue weighted by Crippen LogP contribution is 2.35. The molecule has 1 aliphatic rings. The van der Waals surface area contributed by atoms with Crippen LogP contribution in [0.15, 0.2) is 24.3 Å². The number of anilines is 1. The van der Waals surface area contributed by atoms with Crippen LogP contribution in [0.4, 0.5) is 5.69 Å². The van der Waals surface area contributed by atoms with Gasteiger partial charge >= 0.3 is 0 Å². The SMILES string of the molecule is COC1(C(=O)Nc2ccc(OC(C)C)cc2)CCC(C)CC1. The molecule has 1 N–H and O–H groups in total. The van der Waals surface area contributed by atoms with E-state index in [9.17, 15) is 4.79 Å².